The van der Waals surface area contributed by atoms with E-state index in [-0.39, 0.29) is 23.6 Å². The lowest BCUT2D eigenvalue weighted by molar-refractivity contribution is -0.115. The number of nitrogens with one attached hydrogen (secondary N) is 1. The fourth-order valence-electron chi connectivity index (χ4n) is 3.24. The summed E-state index contributed by atoms with van der Waals surface area (Å²) in [5, 5.41) is 6.39. The summed E-state index contributed by atoms with van der Waals surface area (Å²) in [6, 6.07) is 12.9. The van der Waals surface area contributed by atoms with Crippen LogP contribution in [-0.2, 0) is 11.2 Å². The summed E-state index contributed by atoms with van der Waals surface area (Å²) < 4.78 is 53.2. The van der Waals surface area contributed by atoms with Crippen LogP contribution in [0.4, 0.5) is 19.1 Å². The van der Waals surface area contributed by atoms with Gasteiger partial charge in [-0.2, -0.15) is 4.39 Å². The number of ether oxygens (including phenoxy) is 1. The van der Waals surface area contributed by atoms with E-state index in [0.29, 0.717) is 5.56 Å². The van der Waals surface area contributed by atoms with Crippen molar-refractivity contribution in [2.24, 2.45) is 0 Å². The van der Waals surface area contributed by atoms with Crippen LogP contribution < -0.4 is 10.1 Å². The zero-order chi connectivity index (χ0) is 22.7. The lowest BCUT2D eigenvalue weighted by atomic mass is 10.0. The molecule has 1 N–H and O–H groups in total. The smallest absolute Gasteiger partial charge is 0.239 e. The minimum Gasteiger partial charge on any atom is -0.491 e. The highest BCUT2D eigenvalue weighted by Gasteiger charge is 2.27. The summed E-state index contributed by atoms with van der Waals surface area (Å²) >= 11 is 0. The van der Waals surface area contributed by atoms with Crippen LogP contribution in [0.5, 0.6) is 5.75 Å². The number of anilines is 1. The van der Waals surface area contributed by atoms with E-state index in [2.05, 4.69) is 20.2 Å². The molecule has 9 heteroatoms. The van der Waals surface area contributed by atoms with E-state index < -0.39 is 34.7 Å². The van der Waals surface area contributed by atoms with E-state index in [0.717, 1.165) is 18.7 Å². The lowest BCUT2D eigenvalue weighted by Crippen LogP contribution is -2.14. The second-order valence-corrected chi connectivity index (χ2v) is 6.75. The number of aromatic nitrogens is 2. The minimum absolute atomic E-state index is 0.0484. The molecule has 6 nitrogen and oxygen atoms in total. The van der Waals surface area contributed by atoms with E-state index in [4.69, 9.17) is 4.52 Å². The number of benzene rings is 2. The summed E-state index contributed by atoms with van der Waals surface area (Å²) in [6.45, 7) is 0. The summed E-state index contributed by atoms with van der Waals surface area (Å²) in [7, 11) is 1.03. The van der Waals surface area contributed by atoms with Crippen LogP contribution >= 0.6 is 0 Å². The fourth-order valence-corrected chi connectivity index (χ4v) is 3.24. The standard InChI is InChI=1S/C23H16F3N3O3/c1-31-22-16(24)12-15(19(25)20(22)26)21-18(14-7-9-27-10-8-14)23(32-29-21)28-17(30)11-13-5-3-2-4-6-13/h2-10,12H,11H2,1H3,(H,28,30). The van der Waals surface area contributed by atoms with Crippen LogP contribution in [0.2, 0.25) is 0 Å². The first-order valence-electron chi connectivity index (χ1n) is 9.45. The summed E-state index contributed by atoms with van der Waals surface area (Å²) in [5.41, 5.74) is 0.684. The van der Waals surface area contributed by atoms with Gasteiger partial charge in [-0.1, -0.05) is 35.5 Å². The maximum absolute atomic E-state index is 14.8. The molecule has 0 radical (unpaired) electrons. The monoisotopic (exact) mass is 439 g/mol. The molecule has 0 unspecified atom stereocenters. The molecular formula is C23H16F3N3O3. The van der Waals surface area contributed by atoms with E-state index >= 15 is 0 Å². The average Bonchev–Trinajstić information content (AvgIpc) is 3.21. The molecular weight excluding hydrogens is 423 g/mol. The van der Waals surface area contributed by atoms with Crippen molar-refractivity contribution in [2.75, 3.05) is 12.4 Å². The Morgan fingerprint density at radius 3 is 2.47 bits per heavy atom. The second-order valence-electron chi connectivity index (χ2n) is 6.75. The van der Waals surface area contributed by atoms with Gasteiger partial charge in [0.15, 0.2) is 17.4 Å². The molecule has 0 atom stereocenters. The minimum atomic E-state index is -1.50. The van der Waals surface area contributed by atoms with Crippen molar-refractivity contribution in [3.8, 4) is 28.1 Å². The van der Waals surface area contributed by atoms with Gasteiger partial charge in [0, 0.05) is 18.0 Å². The van der Waals surface area contributed by atoms with Gasteiger partial charge in [0.05, 0.1) is 19.1 Å². The third-order valence-electron chi connectivity index (χ3n) is 4.70. The first-order chi connectivity index (χ1) is 15.5. The Labute approximate surface area is 180 Å². The topological polar surface area (TPSA) is 77.3 Å². The Bertz CT molecular complexity index is 1260. The van der Waals surface area contributed by atoms with Crippen LogP contribution in [0.15, 0.2) is 65.4 Å². The molecule has 162 valence electrons. The first-order valence-corrected chi connectivity index (χ1v) is 9.45. The summed E-state index contributed by atoms with van der Waals surface area (Å²) in [6.07, 6.45) is 2.98. The quantitative estimate of drug-likeness (QED) is 0.428. The number of nitrogens with zero attached hydrogens (tertiary/aromatic N) is 2. The maximum Gasteiger partial charge on any atom is 0.239 e. The molecule has 1 amide bonds. The molecule has 2 aromatic carbocycles. The van der Waals surface area contributed by atoms with E-state index in [1.807, 2.05) is 6.07 Å². The van der Waals surface area contributed by atoms with Crippen molar-refractivity contribution in [1.82, 2.24) is 10.1 Å². The Morgan fingerprint density at radius 1 is 1.06 bits per heavy atom. The van der Waals surface area contributed by atoms with Gasteiger partial charge in [-0.05, 0) is 29.3 Å². The molecule has 0 bridgehead atoms. The normalized spacial score (nSPS) is 10.8. The largest absolute Gasteiger partial charge is 0.491 e. The van der Waals surface area contributed by atoms with Gasteiger partial charge in [0.25, 0.3) is 0 Å². The van der Waals surface area contributed by atoms with Crippen molar-refractivity contribution in [1.29, 1.82) is 0 Å². The average molecular weight is 439 g/mol. The second kappa shape index (κ2) is 8.93. The lowest BCUT2D eigenvalue weighted by Gasteiger charge is -2.09. The van der Waals surface area contributed by atoms with Gasteiger partial charge in [-0.25, -0.2) is 8.78 Å². The number of hydrogen-bond acceptors (Lipinski definition) is 5. The van der Waals surface area contributed by atoms with E-state index in [1.165, 1.54) is 12.4 Å². The number of carbonyl (C=O) groups is 1. The molecule has 32 heavy (non-hydrogen) atoms. The van der Waals surface area contributed by atoms with E-state index in [1.54, 1.807) is 36.4 Å². The SMILES string of the molecule is COc1c(F)cc(-c2noc(NC(=O)Cc3ccccc3)c2-c2ccncc2)c(F)c1F. The maximum atomic E-state index is 14.8. The molecule has 0 aliphatic rings. The number of amides is 1. The van der Waals surface area contributed by atoms with Gasteiger partial charge >= 0.3 is 0 Å². The molecule has 2 aromatic heterocycles. The molecule has 4 aromatic rings. The van der Waals surface area contributed by atoms with Crippen LogP contribution in [0, 0.1) is 17.5 Å². The Balaban J connectivity index is 1.79. The highest BCUT2D eigenvalue weighted by Crippen LogP contribution is 2.40. The van der Waals surface area contributed by atoms with Gasteiger partial charge in [0.1, 0.15) is 5.69 Å². The molecule has 0 aliphatic carbocycles. The third kappa shape index (κ3) is 4.04. The van der Waals surface area contributed by atoms with Crippen molar-refractivity contribution < 1.29 is 27.2 Å². The van der Waals surface area contributed by atoms with Crippen LogP contribution in [0.25, 0.3) is 22.4 Å². The molecule has 0 fully saturated rings. The van der Waals surface area contributed by atoms with Crippen molar-refractivity contribution >= 4 is 11.8 Å². The van der Waals surface area contributed by atoms with Crippen LogP contribution in [-0.4, -0.2) is 23.2 Å². The van der Waals surface area contributed by atoms with Crippen molar-refractivity contribution in [3.63, 3.8) is 0 Å². The molecule has 2 heterocycles. The number of methoxy groups -OCH3 is 1. The number of carbonyl (C=O) groups excluding carboxylic acids is 1. The number of pyridine rings is 1. The zero-order valence-corrected chi connectivity index (χ0v) is 16.7. The first kappa shape index (κ1) is 21.1. The molecule has 0 spiro atoms. The third-order valence-corrected chi connectivity index (χ3v) is 4.70. The summed E-state index contributed by atoms with van der Waals surface area (Å²) in [5.74, 6) is -5.34. The summed E-state index contributed by atoms with van der Waals surface area (Å²) in [4.78, 5) is 16.5. The number of hydrogen-bond donors (Lipinski definition) is 1. The zero-order valence-electron chi connectivity index (χ0n) is 16.7. The van der Waals surface area contributed by atoms with Gasteiger partial charge in [-0.15, -0.1) is 0 Å². The van der Waals surface area contributed by atoms with E-state index in [9.17, 15) is 18.0 Å². The van der Waals surface area contributed by atoms with Gasteiger partial charge in [-0.3, -0.25) is 15.1 Å². The number of rotatable bonds is 6. The Hall–Kier alpha value is -4.14. The highest BCUT2D eigenvalue weighted by atomic mass is 19.2. The molecule has 0 saturated heterocycles. The predicted molar refractivity (Wildman–Crippen MR) is 110 cm³/mol. The number of halogens is 3. The van der Waals surface area contributed by atoms with Crippen molar-refractivity contribution in [2.45, 2.75) is 6.42 Å². The predicted octanol–water partition coefficient (Wildman–Crippen LogP) is 5.01. The highest BCUT2D eigenvalue weighted by molar-refractivity contribution is 5.98. The van der Waals surface area contributed by atoms with Crippen LogP contribution in [0.1, 0.15) is 5.56 Å². The fraction of sp³-hybridized carbons (Fsp3) is 0.0870. The van der Waals surface area contributed by atoms with Crippen LogP contribution in [0.3, 0.4) is 0 Å². The van der Waals surface area contributed by atoms with Gasteiger partial charge < -0.3 is 9.26 Å². The Kier molecular flexibility index (Phi) is 5.89. The molecule has 0 saturated carbocycles. The Morgan fingerprint density at radius 2 is 1.78 bits per heavy atom. The molecule has 0 aliphatic heterocycles. The van der Waals surface area contributed by atoms with Gasteiger partial charge in [0.2, 0.25) is 17.6 Å². The molecule has 4 rings (SSSR count). The van der Waals surface area contributed by atoms with Crippen molar-refractivity contribution in [3.05, 3.63) is 83.9 Å².